The molecule has 0 bridgehead atoms. The van der Waals surface area contributed by atoms with Crippen molar-refractivity contribution in [3.63, 3.8) is 0 Å². The summed E-state index contributed by atoms with van der Waals surface area (Å²) in [5, 5.41) is 11.1. The Kier molecular flexibility index (Phi) is 6.37. The molecule has 2 aromatic carbocycles. The molecule has 0 radical (unpaired) electrons. The number of methoxy groups -OCH3 is 1. The molecule has 2 rings (SSSR count). The van der Waals surface area contributed by atoms with Crippen molar-refractivity contribution in [1.82, 2.24) is 0 Å². The standard InChI is InChI=1S/C17H18Cl2O3/c1-21-14-5-7-15(8-6-14)22-11-13(20)4-2-12-3-9-16(18)17(19)10-12/h3,5-10,13,20H,2,4,11H2,1H3. The van der Waals surface area contributed by atoms with Gasteiger partial charge in [-0.25, -0.2) is 0 Å². The quantitative estimate of drug-likeness (QED) is 0.813. The largest absolute Gasteiger partial charge is 0.497 e. The van der Waals surface area contributed by atoms with Crippen LogP contribution in [0.3, 0.4) is 0 Å². The Labute approximate surface area is 140 Å². The molecule has 0 fully saturated rings. The maximum Gasteiger partial charge on any atom is 0.119 e. The monoisotopic (exact) mass is 340 g/mol. The van der Waals surface area contributed by atoms with Crippen LogP contribution in [0.4, 0.5) is 0 Å². The van der Waals surface area contributed by atoms with E-state index in [1.54, 1.807) is 13.2 Å². The minimum atomic E-state index is -0.545. The van der Waals surface area contributed by atoms with Crippen LogP contribution >= 0.6 is 23.2 Å². The van der Waals surface area contributed by atoms with Gasteiger partial charge in [0.05, 0.1) is 23.3 Å². The molecule has 5 heteroatoms. The maximum atomic E-state index is 9.99. The normalized spacial score (nSPS) is 12.0. The van der Waals surface area contributed by atoms with Crippen LogP contribution in [0.5, 0.6) is 11.5 Å². The van der Waals surface area contributed by atoms with E-state index in [1.165, 1.54) is 0 Å². The van der Waals surface area contributed by atoms with Crippen LogP contribution in [0.1, 0.15) is 12.0 Å². The van der Waals surface area contributed by atoms with Gasteiger partial charge >= 0.3 is 0 Å². The van der Waals surface area contributed by atoms with Gasteiger partial charge in [0.15, 0.2) is 0 Å². The number of ether oxygens (including phenoxy) is 2. The highest BCUT2D eigenvalue weighted by atomic mass is 35.5. The highest BCUT2D eigenvalue weighted by molar-refractivity contribution is 6.42. The number of aliphatic hydroxyl groups excluding tert-OH is 1. The Morgan fingerprint density at radius 2 is 1.68 bits per heavy atom. The summed E-state index contributed by atoms with van der Waals surface area (Å²) in [4.78, 5) is 0. The molecule has 0 aliphatic rings. The van der Waals surface area contributed by atoms with Crippen LogP contribution in [0, 0.1) is 0 Å². The molecule has 118 valence electrons. The predicted octanol–water partition coefficient (Wildman–Crippen LogP) is 4.37. The fraction of sp³-hybridized carbons (Fsp3) is 0.294. The molecule has 0 saturated heterocycles. The lowest BCUT2D eigenvalue weighted by Gasteiger charge is -2.13. The molecule has 0 saturated carbocycles. The minimum Gasteiger partial charge on any atom is -0.497 e. The second-order valence-corrected chi connectivity index (χ2v) is 5.74. The van der Waals surface area contributed by atoms with Gasteiger partial charge in [-0.1, -0.05) is 29.3 Å². The molecular weight excluding hydrogens is 323 g/mol. The predicted molar refractivity (Wildman–Crippen MR) is 89.3 cm³/mol. The number of aliphatic hydroxyl groups is 1. The highest BCUT2D eigenvalue weighted by Gasteiger charge is 2.07. The fourth-order valence-electron chi connectivity index (χ4n) is 1.98. The average molecular weight is 341 g/mol. The van der Waals surface area contributed by atoms with E-state index in [4.69, 9.17) is 32.7 Å². The SMILES string of the molecule is COc1ccc(OCC(O)CCc2ccc(Cl)c(Cl)c2)cc1. The molecule has 0 amide bonds. The zero-order valence-corrected chi connectivity index (χ0v) is 13.8. The molecule has 0 spiro atoms. The average Bonchev–Trinajstić information content (AvgIpc) is 2.54. The molecule has 1 N–H and O–H groups in total. The third kappa shape index (κ3) is 5.09. The maximum absolute atomic E-state index is 9.99. The van der Waals surface area contributed by atoms with Gasteiger partial charge in [-0.2, -0.15) is 0 Å². The van der Waals surface area contributed by atoms with Crippen LogP contribution in [-0.4, -0.2) is 24.9 Å². The van der Waals surface area contributed by atoms with Crippen molar-refractivity contribution in [2.45, 2.75) is 18.9 Å². The Morgan fingerprint density at radius 3 is 2.32 bits per heavy atom. The Balaban J connectivity index is 1.77. The third-order valence-corrected chi connectivity index (χ3v) is 3.99. The summed E-state index contributed by atoms with van der Waals surface area (Å²) in [6.45, 7) is 0.244. The van der Waals surface area contributed by atoms with Crippen molar-refractivity contribution in [1.29, 1.82) is 0 Å². The summed E-state index contributed by atoms with van der Waals surface area (Å²) in [5.74, 6) is 1.47. The van der Waals surface area contributed by atoms with Crippen molar-refractivity contribution >= 4 is 23.2 Å². The molecule has 1 atom stereocenters. The minimum absolute atomic E-state index is 0.244. The summed E-state index contributed by atoms with van der Waals surface area (Å²) in [7, 11) is 1.61. The number of rotatable bonds is 7. The molecule has 1 unspecified atom stereocenters. The second-order valence-electron chi connectivity index (χ2n) is 4.93. The van der Waals surface area contributed by atoms with Gasteiger partial charge < -0.3 is 14.6 Å². The summed E-state index contributed by atoms with van der Waals surface area (Å²) in [6, 6.07) is 12.7. The van der Waals surface area contributed by atoms with Crippen LogP contribution in [0.2, 0.25) is 10.0 Å². The van der Waals surface area contributed by atoms with Crippen LogP contribution in [0.15, 0.2) is 42.5 Å². The van der Waals surface area contributed by atoms with E-state index in [0.29, 0.717) is 28.6 Å². The first-order chi connectivity index (χ1) is 10.6. The molecule has 3 nitrogen and oxygen atoms in total. The van der Waals surface area contributed by atoms with Gasteiger partial charge in [-0.15, -0.1) is 0 Å². The van der Waals surface area contributed by atoms with Gasteiger partial charge in [-0.3, -0.25) is 0 Å². The van der Waals surface area contributed by atoms with E-state index < -0.39 is 6.10 Å². The number of aryl methyl sites for hydroxylation is 1. The number of hydrogen-bond acceptors (Lipinski definition) is 3. The molecule has 2 aromatic rings. The zero-order chi connectivity index (χ0) is 15.9. The number of halogens is 2. The van der Waals surface area contributed by atoms with Gasteiger partial charge in [0.2, 0.25) is 0 Å². The van der Waals surface area contributed by atoms with Crippen molar-refractivity contribution in [3.05, 3.63) is 58.1 Å². The summed E-state index contributed by atoms with van der Waals surface area (Å²) < 4.78 is 10.6. The fourth-order valence-corrected chi connectivity index (χ4v) is 2.30. The highest BCUT2D eigenvalue weighted by Crippen LogP contribution is 2.23. The smallest absolute Gasteiger partial charge is 0.119 e. The van der Waals surface area contributed by atoms with Crippen molar-refractivity contribution in [3.8, 4) is 11.5 Å². The third-order valence-electron chi connectivity index (χ3n) is 3.25. The topological polar surface area (TPSA) is 38.7 Å². The molecule has 0 aromatic heterocycles. The first kappa shape index (κ1) is 16.9. The van der Waals surface area contributed by atoms with E-state index in [9.17, 15) is 5.11 Å². The molecule has 0 heterocycles. The molecule has 0 aliphatic heterocycles. The van der Waals surface area contributed by atoms with E-state index in [1.807, 2.05) is 36.4 Å². The Morgan fingerprint density at radius 1 is 1.00 bits per heavy atom. The lowest BCUT2D eigenvalue weighted by Crippen LogP contribution is -2.18. The van der Waals surface area contributed by atoms with Crippen LogP contribution in [-0.2, 0) is 6.42 Å². The van der Waals surface area contributed by atoms with Crippen LogP contribution in [0.25, 0.3) is 0 Å². The lowest BCUT2D eigenvalue weighted by molar-refractivity contribution is 0.100. The second kappa shape index (κ2) is 8.28. The van der Waals surface area contributed by atoms with Crippen molar-refractivity contribution < 1.29 is 14.6 Å². The zero-order valence-electron chi connectivity index (χ0n) is 12.3. The number of benzene rings is 2. The van der Waals surface area contributed by atoms with E-state index in [0.717, 1.165) is 11.3 Å². The van der Waals surface area contributed by atoms with Crippen molar-refractivity contribution in [2.24, 2.45) is 0 Å². The molecule has 22 heavy (non-hydrogen) atoms. The first-order valence-corrected chi connectivity index (χ1v) is 7.73. The Bertz CT molecular complexity index is 599. The first-order valence-electron chi connectivity index (χ1n) is 6.97. The summed E-state index contributed by atoms with van der Waals surface area (Å²) >= 11 is 11.8. The van der Waals surface area contributed by atoms with E-state index >= 15 is 0 Å². The van der Waals surface area contributed by atoms with Gasteiger partial charge in [0, 0.05) is 0 Å². The summed E-state index contributed by atoms with van der Waals surface area (Å²) in [5.41, 5.74) is 1.04. The lowest BCUT2D eigenvalue weighted by atomic mass is 10.1. The molecular formula is C17H18Cl2O3. The van der Waals surface area contributed by atoms with Gasteiger partial charge in [0.25, 0.3) is 0 Å². The van der Waals surface area contributed by atoms with E-state index in [2.05, 4.69) is 0 Å². The van der Waals surface area contributed by atoms with Crippen LogP contribution < -0.4 is 9.47 Å². The summed E-state index contributed by atoms with van der Waals surface area (Å²) in [6.07, 6.45) is 0.759. The van der Waals surface area contributed by atoms with E-state index in [-0.39, 0.29) is 6.61 Å². The molecule has 0 aliphatic carbocycles. The van der Waals surface area contributed by atoms with Crippen molar-refractivity contribution in [2.75, 3.05) is 13.7 Å². The van der Waals surface area contributed by atoms with Gasteiger partial charge in [-0.05, 0) is 54.8 Å². The Hall–Kier alpha value is -1.42. The number of hydrogen-bond donors (Lipinski definition) is 1. The van der Waals surface area contributed by atoms with Gasteiger partial charge in [0.1, 0.15) is 18.1 Å².